The van der Waals surface area contributed by atoms with Gasteiger partial charge in [0.1, 0.15) is 11.4 Å². The number of methoxy groups -OCH3 is 1. The molecule has 1 aromatic heterocycles. The highest BCUT2D eigenvalue weighted by atomic mass is 16.5. The van der Waals surface area contributed by atoms with Crippen LogP contribution in [0.2, 0.25) is 0 Å². The summed E-state index contributed by atoms with van der Waals surface area (Å²) in [6.45, 7) is 4.16. The Morgan fingerprint density at radius 3 is 1.74 bits per heavy atom. The maximum atomic E-state index is 6.23. The number of nitrogens with zero attached hydrogens (tertiary/aromatic N) is 1. The van der Waals surface area contributed by atoms with E-state index in [0.29, 0.717) is 5.89 Å². The van der Waals surface area contributed by atoms with Crippen LogP contribution in [0.5, 0.6) is 5.75 Å². The molecule has 134 valence electrons. The minimum atomic E-state index is 0.601. The van der Waals surface area contributed by atoms with Gasteiger partial charge in [0.25, 0.3) is 0 Å². The summed E-state index contributed by atoms with van der Waals surface area (Å²) in [6, 6.07) is 24.4. The normalized spacial score (nSPS) is 10.8. The summed E-state index contributed by atoms with van der Waals surface area (Å²) < 4.78 is 11.5. The Labute approximate surface area is 159 Å². The van der Waals surface area contributed by atoms with E-state index < -0.39 is 0 Å². The Morgan fingerprint density at radius 1 is 0.667 bits per heavy atom. The molecule has 0 bridgehead atoms. The monoisotopic (exact) mass is 355 g/mol. The molecular formula is C24H21NO2. The zero-order chi connectivity index (χ0) is 18.8. The second kappa shape index (κ2) is 7.12. The van der Waals surface area contributed by atoms with E-state index in [1.54, 1.807) is 7.11 Å². The van der Waals surface area contributed by atoms with Crippen molar-refractivity contribution >= 4 is 0 Å². The molecule has 0 fully saturated rings. The summed E-state index contributed by atoms with van der Waals surface area (Å²) in [5, 5.41) is 0. The SMILES string of the molecule is COc1ccc(-c2nc(-c3ccc(C)cc3)c(-c3ccc(C)cc3)o2)cc1. The number of aryl methyl sites for hydroxylation is 2. The van der Waals surface area contributed by atoms with Crippen LogP contribution in [0.25, 0.3) is 34.0 Å². The largest absolute Gasteiger partial charge is 0.497 e. The van der Waals surface area contributed by atoms with Crippen LogP contribution in [0.4, 0.5) is 0 Å². The van der Waals surface area contributed by atoms with E-state index in [2.05, 4.69) is 62.4 Å². The van der Waals surface area contributed by atoms with Crippen LogP contribution < -0.4 is 4.74 Å². The number of oxazole rings is 1. The summed E-state index contributed by atoms with van der Waals surface area (Å²) in [5.74, 6) is 2.19. The average molecular weight is 355 g/mol. The smallest absolute Gasteiger partial charge is 0.227 e. The molecule has 0 N–H and O–H groups in total. The quantitative estimate of drug-likeness (QED) is 0.431. The lowest BCUT2D eigenvalue weighted by Crippen LogP contribution is -1.84. The molecule has 3 aromatic carbocycles. The van der Waals surface area contributed by atoms with E-state index in [0.717, 1.165) is 33.9 Å². The van der Waals surface area contributed by atoms with Gasteiger partial charge in [0.15, 0.2) is 5.76 Å². The molecule has 0 aliphatic rings. The Morgan fingerprint density at radius 2 is 1.19 bits per heavy atom. The van der Waals surface area contributed by atoms with Gasteiger partial charge in [-0.2, -0.15) is 0 Å². The number of rotatable bonds is 4. The van der Waals surface area contributed by atoms with Gasteiger partial charge in [-0.15, -0.1) is 0 Å². The third-order valence-corrected chi connectivity index (χ3v) is 4.60. The Kier molecular flexibility index (Phi) is 4.51. The van der Waals surface area contributed by atoms with Crippen molar-refractivity contribution in [2.24, 2.45) is 0 Å². The van der Waals surface area contributed by atoms with Crippen molar-refractivity contribution in [1.82, 2.24) is 4.98 Å². The number of aromatic nitrogens is 1. The molecule has 3 nitrogen and oxygen atoms in total. The molecule has 3 heteroatoms. The maximum absolute atomic E-state index is 6.23. The van der Waals surface area contributed by atoms with Crippen LogP contribution in [-0.4, -0.2) is 12.1 Å². The van der Waals surface area contributed by atoms with Crippen molar-refractivity contribution in [3.8, 4) is 39.8 Å². The maximum Gasteiger partial charge on any atom is 0.227 e. The molecule has 0 saturated carbocycles. The van der Waals surface area contributed by atoms with Crippen LogP contribution in [-0.2, 0) is 0 Å². The van der Waals surface area contributed by atoms with Crippen molar-refractivity contribution in [2.75, 3.05) is 7.11 Å². The molecule has 4 aromatic rings. The number of hydrogen-bond acceptors (Lipinski definition) is 3. The molecule has 0 atom stereocenters. The second-order valence-electron chi connectivity index (χ2n) is 6.66. The average Bonchev–Trinajstić information content (AvgIpc) is 3.14. The van der Waals surface area contributed by atoms with E-state index in [4.69, 9.17) is 14.1 Å². The second-order valence-corrected chi connectivity index (χ2v) is 6.66. The molecule has 4 rings (SSSR count). The van der Waals surface area contributed by atoms with Gasteiger partial charge in [0, 0.05) is 16.7 Å². The first-order valence-corrected chi connectivity index (χ1v) is 8.93. The van der Waals surface area contributed by atoms with Crippen molar-refractivity contribution < 1.29 is 9.15 Å². The van der Waals surface area contributed by atoms with Crippen LogP contribution in [0.15, 0.2) is 77.2 Å². The molecule has 0 amide bonds. The van der Waals surface area contributed by atoms with Crippen LogP contribution >= 0.6 is 0 Å². The topological polar surface area (TPSA) is 35.3 Å². The lowest BCUT2D eigenvalue weighted by atomic mass is 10.0. The van der Waals surface area contributed by atoms with E-state index in [9.17, 15) is 0 Å². The van der Waals surface area contributed by atoms with E-state index in [1.807, 2.05) is 24.3 Å². The van der Waals surface area contributed by atoms with Crippen molar-refractivity contribution in [3.63, 3.8) is 0 Å². The molecule has 0 spiro atoms. The lowest BCUT2D eigenvalue weighted by Gasteiger charge is -2.03. The molecule has 0 saturated heterocycles. The fraction of sp³-hybridized carbons (Fsp3) is 0.125. The van der Waals surface area contributed by atoms with Gasteiger partial charge in [-0.25, -0.2) is 4.98 Å². The first-order chi connectivity index (χ1) is 13.1. The number of hydrogen-bond donors (Lipinski definition) is 0. The molecule has 27 heavy (non-hydrogen) atoms. The Balaban J connectivity index is 1.85. The highest BCUT2D eigenvalue weighted by molar-refractivity contribution is 5.79. The van der Waals surface area contributed by atoms with Crippen molar-refractivity contribution in [1.29, 1.82) is 0 Å². The standard InChI is InChI=1S/C24H21NO2/c1-16-4-8-18(9-5-16)22-23(19-10-6-17(2)7-11-19)27-24(25-22)20-12-14-21(26-3)15-13-20/h4-15H,1-3H3. The van der Waals surface area contributed by atoms with Crippen LogP contribution in [0, 0.1) is 13.8 Å². The summed E-state index contributed by atoms with van der Waals surface area (Å²) in [6.07, 6.45) is 0. The van der Waals surface area contributed by atoms with Gasteiger partial charge >= 0.3 is 0 Å². The third-order valence-electron chi connectivity index (χ3n) is 4.60. The lowest BCUT2D eigenvalue weighted by molar-refractivity contribution is 0.415. The molecule has 0 aliphatic heterocycles. The highest BCUT2D eigenvalue weighted by Crippen LogP contribution is 2.36. The molecule has 0 radical (unpaired) electrons. The van der Waals surface area contributed by atoms with E-state index in [-0.39, 0.29) is 0 Å². The molecular weight excluding hydrogens is 334 g/mol. The van der Waals surface area contributed by atoms with Gasteiger partial charge in [-0.1, -0.05) is 59.7 Å². The fourth-order valence-electron chi connectivity index (χ4n) is 2.98. The minimum Gasteiger partial charge on any atom is -0.497 e. The minimum absolute atomic E-state index is 0.601. The molecule has 1 heterocycles. The van der Waals surface area contributed by atoms with Gasteiger partial charge < -0.3 is 9.15 Å². The summed E-state index contributed by atoms with van der Waals surface area (Å²) in [4.78, 5) is 4.83. The van der Waals surface area contributed by atoms with Crippen LogP contribution in [0.3, 0.4) is 0 Å². The van der Waals surface area contributed by atoms with Gasteiger partial charge in [-0.3, -0.25) is 0 Å². The van der Waals surface area contributed by atoms with Gasteiger partial charge in [0.2, 0.25) is 5.89 Å². The van der Waals surface area contributed by atoms with Gasteiger partial charge in [0.05, 0.1) is 7.11 Å². The zero-order valence-corrected chi connectivity index (χ0v) is 15.7. The summed E-state index contributed by atoms with van der Waals surface area (Å²) in [7, 11) is 1.66. The van der Waals surface area contributed by atoms with Crippen molar-refractivity contribution in [2.45, 2.75) is 13.8 Å². The molecule has 0 aliphatic carbocycles. The number of ether oxygens (including phenoxy) is 1. The zero-order valence-electron chi connectivity index (χ0n) is 15.7. The fourth-order valence-corrected chi connectivity index (χ4v) is 2.98. The van der Waals surface area contributed by atoms with E-state index in [1.165, 1.54) is 11.1 Å². The highest BCUT2D eigenvalue weighted by Gasteiger charge is 2.18. The summed E-state index contributed by atoms with van der Waals surface area (Å²) in [5.41, 5.74) is 6.26. The Bertz CT molecular complexity index is 980. The van der Waals surface area contributed by atoms with Crippen molar-refractivity contribution in [3.05, 3.63) is 83.9 Å². The third kappa shape index (κ3) is 3.49. The predicted molar refractivity (Wildman–Crippen MR) is 109 cm³/mol. The molecule has 0 unspecified atom stereocenters. The van der Waals surface area contributed by atoms with Crippen LogP contribution in [0.1, 0.15) is 11.1 Å². The predicted octanol–water partition coefficient (Wildman–Crippen LogP) is 6.30. The first kappa shape index (κ1) is 17.1. The summed E-state index contributed by atoms with van der Waals surface area (Å²) >= 11 is 0. The van der Waals surface area contributed by atoms with E-state index >= 15 is 0 Å². The first-order valence-electron chi connectivity index (χ1n) is 8.93. The Hall–Kier alpha value is -3.33. The van der Waals surface area contributed by atoms with Gasteiger partial charge in [-0.05, 0) is 38.1 Å². The number of benzene rings is 3.